The third-order valence-electron chi connectivity index (χ3n) is 4.78. The summed E-state index contributed by atoms with van der Waals surface area (Å²) >= 11 is 1.37. The van der Waals surface area contributed by atoms with Crippen molar-refractivity contribution in [2.45, 2.75) is 50.8 Å². The lowest BCUT2D eigenvalue weighted by Gasteiger charge is -2.34. The number of rotatable bonds is 9. The van der Waals surface area contributed by atoms with Crippen molar-refractivity contribution in [2.75, 3.05) is 7.05 Å². The topological polar surface area (TPSA) is 101 Å². The highest BCUT2D eigenvalue weighted by Crippen LogP contribution is 2.32. The molecule has 13 heteroatoms. The van der Waals surface area contributed by atoms with Gasteiger partial charge in [-0.15, -0.1) is 11.3 Å². The van der Waals surface area contributed by atoms with Crippen LogP contribution in [0.4, 0.5) is 13.2 Å². The number of hydroxylamine groups is 1. The zero-order valence-corrected chi connectivity index (χ0v) is 18.9. The van der Waals surface area contributed by atoms with Crippen molar-refractivity contribution >= 4 is 27.3 Å². The van der Waals surface area contributed by atoms with E-state index in [2.05, 4.69) is 15.4 Å². The van der Waals surface area contributed by atoms with Crippen LogP contribution in [0.25, 0.3) is 0 Å². The lowest BCUT2D eigenvalue weighted by atomic mass is 9.96. The van der Waals surface area contributed by atoms with Crippen molar-refractivity contribution in [3.63, 3.8) is 0 Å². The second-order valence-electron chi connectivity index (χ2n) is 6.77. The Hall–Kier alpha value is -2.09. The molecule has 172 valence electrons. The predicted molar refractivity (Wildman–Crippen MR) is 109 cm³/mol. The number of aryl methyl sites for hydroxylation is 1. The first kappa shape index (κ1) is 25.2. The monoisotopic (exact) mass is 480 g/mol. The van der Waals surface area contributed by atoms with E-state index in [0.29, 0.717) is 12.1 Å². The molecule has 0 aliphatic carbocycles. The maximum absolute atomic E-state index is 13.1. The molecule has 1 amide bonds. The van der Waals surface area contributed by atoms with E-state index in [1.165, 1.54) is 42.8 Å². The van der Waals surface area contributed by atoms with E-state index in [1.54, 1.807) is 12.3 Å². The molecular weight excluding hydrogens is 457 g/mol. The van der Waals surface area contributed by atoms with Gasteiger partial charge in [-0.05, 0) is 25.5 Å². The molecule has 0 bridgehead atoms. The maximum atomic E-state index is 13.1. The lowest BCUT2D eigenvalue weighted by molar-refractivity contribution is -0.0644. The lowest BCUT2D eigenvalue weighted by Crippen LogP contribution is -2.51. The number of thiazole rings is 1. The molecule has 0 aliphatic heterocycles. The fourth-order valence-corrected chi connectivity index (χ4v) is 4.49. The van der Waals surface area contributed by atoms with Crippen LogP contribution in [0.1, 0.15) is 47.7 Å². The van der Waals surface area contributed by atoms with Crippen LogP contribution >= 0.6 is 11.3 Å². The van der Waals surface area contributed by atoms with E-state index in [9.17, 15) is 26.4 Å². The van der Waals surface area contributed by atoms with Crippen LogP contribution < -0.4 is 5.48 Å². The summed E-state index contributed by atoms with van der Waals surface area (Å²) in [5.41, 5.74) is -2.53. The average Bonchev–Trinajstić information content (AvgIpc) is 3.22. The number of pyridine rings is 1. The molecule has 8 nitrogen and oxygen atoms in total. The first-order chi connectivity index (χ1) is 14.4. The quantitative estimate of drug-likeness (QED) is 0.554. The molecule has 0 aliphatic rings. The minimum atomic E-state index is -5.61. The van der Waals surface area contributed by atoms with Gasteiger partial charge in [0.2, 0.25) is 0 Å². The Bertz CT molecular complexity index is 983. The summed E-state index contributed by atoms with van der Waals surface area (Å²) in [6.07, 6.45) is 2.28. The Kier molecular flexibility index (Phi) is 8.14. The minimum Gasteiger partial charge on any atom is -0.268 e. The van der Waals surface area contributed by atoms with Crippen LogP contribution in [-0.2, 0) is 21.3 Å². The Morgan fingerprint density at radius 1 is 1.29 bits per heavy atom. The maximum Gasteiger partial charge on any atom is 0.511 e. The van der Waals surface area contributed by atoms with Gasteiger partial charge in [0.25, 0.3) is 5.91 Å². The smallest absolute Gasteiger partial charge is 0.268 e. The normalized spacial score (nSPS) is 15.5. The predicted octanol–water partition coefficient (Wildman–Crippen LogP) is 3.10. The first-order valence-electron chi connectivity index (χ1n) is 9.24. The van der Waals surface area contributed by atoms with Crippen molar-refractivity contribution in [1.82, 2.24) is 19.8 Å². The number of alkyl halides is 3. The second kappa shape index (κ2) is 10.0. The minimum absolute atomic E-state index is 0.194. The number of nitrogens with zero attached hydrogens (tertiary/aromatic N) is 3. The largest absolute Gasteiger partial charge is 0.511 e. The van der Waals surface area contributed by atoms with Gasteiger partial charge >= 0.3 is 15.5 Å². The van der Waals surface area contributed by atoms with Crippen LogP contribution in [0.5, 0.6) is 0 Å². The highest BCUT2D eigenvalue weighted by molar-refractivity contribution is 7.90. The van der Waals surface area contributed by atoms with Gasteiger partial charge < -0.3 is 0 Å². The molecule has 0 fully saturated rings. The summed E-state index contributed by atoms with van der Waals surface area (Å²) in [6, 6.07) is 1.56. The molecule has 2 aromatic rings. The standard InChI is InChI=1S/C18H23F3N4O4S2/c1-5-15-23-14(10-30-15)11(2)16(12(3)25(4)31(27,28)18(19,20)21)29-24-17(26)13-6-8-22-9-7-13/h6-12,16H,5H2,1-4H3,(H,24,26)/t11?,12-,16?/m0/s1. The molecule has 0 spiro atoms. The molecule has 2 heterocycles. The Morgan fingerprint density at radius 2 is 1.90 bits per heavy atom. The summed E-state index contributed by atoms with van der Waals surface area (Å²) in [4.78, 5) is 26.0. The van der Waals surface area contributed by atoms with Crippen molar-refractivity contribution in [3.05, 3.63) is 46.2 Å². The van der Waals surface area contributed by atoms with Crippen molar-refractivity contribution in [2.24, 2.45) is 0 Å². The molecule has 2 unspecified atom stereocenters. The molecule has 2 rings (SSSR count). The summed E-state index contributed by atoms with van der Waals surface area (Å²) < 4.78 is 63.2. The van der Waals surface area contributed by atoms with E-state index in [4.69, 9.17) is 4.84 Å². The number of carbonyl (C=O) groups is 1. The highest BCUT2D eigenvalue weighted by atomic mass is 32.2. The van der Waals surface area contributed by atoms with Crippen molar-refractivity contribution in [1.29, 1.82) is 0 Å². The van der Waals surface area contributed by atoms with E-state index in [0.717, 1.165) is 12.1 Å². The Morgan fingerprint density at radius 3 is 2.42 bits per heavy atom. The molecule has 1 N–H and O–H groups in total. The van der Waals surface area contributed by atoms with Gasteiger partial charge in [0.1, 0.15) is 6.10 Å². The van der Waals surface area contributed by atoms with Crippen LogP contribution in [0.15, 0.2) is 29.9 Å². The molecule has 2 aromatic heterocycles. The number of likely N-dealkylation sites (N-methyl/N-ethyl adjacent to an activating group) is 1. The van der Waals surface area contributed by atoms with Gasteiger partial charge in [0.15, 0.2) is 0 Å². The Balaban J connectivity index is 2.31. The van der Waals surface area contributed by atoms with Gasteiger partial charge in [-0.2, -0.15) is 17.5 Å². The van der Waals surface area contributed by atoms with Gasteiger partial charge in [0, 0.05) is 36.3 Å². The van der Waals surface area contributed by atoms with Crippen molar-refractivity contribution in [3.8, 4) is 0 Å². The molecular formula is C18H23F3N4O4S2. The number of amides is 1. The summed E-state index contributed by atoms with van der Waals surface area (Å²) in [5.74, 6) is -1.28. The fraction of sp³-hybridized carbons (Fsp3) is 0.500. The van der Waals surface area contributed by atoms with Crippen molar-refractivity contribution < 1.29 is 31.2 Å². The summed E-state index contributed by atoms with van der Waals surface area (Å²) in [6.45, 7) is 4.82. The highest BCUT2D eigenvalue weighted by Gasteiger charge is 2.51. The van der Waals surface area contributed by atoms with Crippen LogP contribution in [0, 0.1) is 0 Å². The van der Waals surface area contributed by atoms with Gasteiger partial charge in [-0.25, -0.2) is 18.9 Å². The molecule has 3 atom stereocenters. The van der Waals surface area contributed by atoms with Gasteiger partial charge in [0.05, 0.1) is 16.7 Å². The number of halogens is 3. The summed E-state index contributed by atoms with van der Waals surface area (Å²) in [7, 11) is -4.79. The molecule has 31 heavy (non-hydrogen) atoms. The van der Waals surface area contributed by atoms with Gasteiger partial charge in [-0.1, -0.05) is 13.8 Å². The van der Waals surface area contributed by atoms with E-state index in [-0.39, 0.29) is 9.87 Å². The number of hydrogen-bond donors (Lipinski definition) is 1. The number of carbonyl (C=O) groups excluding carboxylic acids is 1. The SMILES string of the molecule is CCc1nc(C(C)C(ONC(=O)c2ccncc2)[C@H](C)N(C)S(=O)(=O)C(F)(F)F)cs1. The van der Waals surface area contributed by atoms with E-state index < -0.39 is 39.5 Å². The number of aromatic nitrogens is 2. The zero-order valence-electron chi connectivity index (χ0n) is 17.3. The zero-order chi connectivity index (χ0) is 23.4. The first-order valence-corrected chi connectivity index (χ1v) is 11.6. The molecule has 0 radical (unpaired) electrons. The fourth-order valence-electron chi connectivity index (χ4n) is 2.76. The molecule has 0 aromatic carbocycles. The Labute approximate surface area is 182 Å². The average molecular weight is 481 g/mol. The van der Waals surface area contributed by atoms with Crippen LogP contribution in [0.2, 0.25) is 0 Å². The molecule has 0 saturated heterocycles. The number of hydrogen-bond acceptors (Lipinski definition) is 7. The number of nitrogens with one attached hydrogen (secondary N) is 1. The van der Waals surface area contributed by atoms with E-state index >= 15 is 0 Å². The second-order valence-corrected chi connectivity index (χ2v) is 9.70. The van der Waals surface area contributed by atoms with E-state index in [1.807, 2.05) is 6.92 Å². The van der Waals surface area contributed by atoms with Gasteiger partial charge in [-0.3, -0.25) is 14.6 Å². The van der Waals surface area contributed by atoms with Crippen LogP contribution in [0.3, 0.4) is 0 Å². The summed E-state index contributed by atoms with van der Waals surface area (Å²) in [5, 5.41) is 2.54. The third-order valence-corrected chi connectivity index (χ3v) is 7.47. The number of sulfonamides is 1. The molecule has 0 saturated carbocycles. The van der Waals surface area contributed by atoms with Crippen LogP contribution in [-0.4, -0.2) is 53.3 Å². The third kappa shape index (κ3) is 5.79.